The van der Waals surface area contributed by atoms with Gasteiger partial charge in [0.1, 0.15) is 17.0 Å². The van der Waals surface area contributed by atoms with Gasteiger partial charge in [0.05, 0.1) is 9.85 Å². The van der Waals surface area contributed by atoms with E-state index in [-0.39, 0.29) is 22.7 Å². The minimum absolute atomic E-state index is 0.0104. The Morgan fingerprint density at radius 3 is 1.60 bits per heavy atom. The van der Waals surface area contributed by atoms with E-state index in [1.807, 2.05) is 6.07 Å². The third-order valence-electron chi connectivity index (χ3n) is 7.84. The molecule has 0 aliphatic carbocycles. The summed E-state index contributed by atoms with van der Waals surface area (Å²) in [5.41, 5.74) is 6.81. The maximum Gasteiger partial charge on any atom is 0.412 e. The van der Waals surface area contributed by atoms with Crippen molar-refractivity contribution in [3.05, 3.63) is 56.6 Å². The van der Waals surface area contributed by atoms with Gasteiger partial charge < -0.3 is 20.3 Å². The molecule has 2 aromatic carbocycles. The van der Waals surface area contributed by atoms with Gasteiger partial charge >= 0.3 is 6.09 Å². The molecular formula is C31H48N8O6. The monoisotopic (exact) mass is 628 g/mol. The molecule has 4 rings (SSSR count). The number of carbonyl (C=O) groups is 1. The molecule has 2 heterocycles. The quantitative estimate of drug-likeness (QED) is 0.236. The lowest BCUT2D eigenvalue weighted by Gasteiger charge is -2.38. The molecule has 14 nitrogen and oxygen atoms in total. The van der Waals surface area contributed by atoms with Crippen LogP contribution in [0.2, 0.25) is 0 Å². The van der Waals surface area contributed by atoms with E-state index in [4.69, 9.17) is 10.5 Å². The zero-order chi connectivity index (χ0) is 33.5. The van der Waals surface area contributed by atoms with Crippen LogP contribution in [0.15, 0.2) is 36.4 Å². The van der Waals surface area contributed by atoms with Crippen molar-refractivity contribution < 1.29 is 19.4 Å². The number of amides is 1. The minimum atomic E-state index is -0.709. The number of carbonyl (C=O) groups excluding carboxylic acids is 1. The Bertz CT molecular complexity index is 1330. The van der Waals surface area contributed by atoms with Gasteiger partial charge in [0.25, 0.3) is 11.4 Å². The third-order valence-corrected chi connectivity index (χ3v) is 7.84. The van der Waals surface area contributed by atoms with Crippen molar-refractivity contribution in [3.8, 4) is 0 Å². The van der Waals surface area contributed by atoms with E-state index in [1.165, 1.54) is 6.07 Å². The van der Waals surface area contributed by atoms with Crippen LogP contribution in [0.5, 0.6) is 0 Å². The summed E-state index contributed by atoms with van der Waals surface area (Å²) >= 11 is 0. The summed E-state index contributed by atoms with van der Waals surface area (Å²) in [5.74, 6) is 0. The molecule has 2 saturated heterocycles. The fraction of sp³-hybridized carbons (Fsp3) is 0.581. The number of anilines is 4. The van der Waals surface area contributed by atoms with Crippen LogP contribution in [0.1, 0.15) is 48.5 Å². The van der Waals surface area contributed by atoms with Crippen molar-refractivity contribution in [2.24, 2.45) is 0 Å². The number of rotatable bonds is 7. The lowest BCUT2D eigenvalue weighted by atomic mass is 10.2. The van der Waals surface area contributed by atoms with Crippen LogP contribution in [0.25, 0.3) is 0 Å². The fourth-order valence-electron chi connectivity index (χ4n) is 5.27. The van der Waals surface area contributed by atoms with Crippen molar-refractivity contribution in [2.75, 3.05) is 73.2 Å². The fourth-order valence-corrected chi connectivity index (χ4v) is 5.27. The number of piperazine rings is 2. The van der Waals surface area contributed by atoms with Gasteiger partial charge in [-0.1, -0.05) is 0 Å². The molecule has 3 N–H and O–H groups in total. The van der Waals surface area contributed by atoms with Gasteiger partial charge in [-0.2, -0.15) is 0 Å². The summed E-state index contributed by atoms with van der Waals surface area (Å²) in [7, 11) is 0. The highest BCUT2D eigenvalue weighted by Gasteiger charge is 2.25. The highest BCUT2D eigenvalue weighted by Crippen LogP contribution is 2.31. The number of nitro groups is 2. The number of nitrogens with one attached hydrogen (secondary N) is 1. The number of nitrogens with zero attached hydrogens (tertiary/aromatic N) is 6. The zero-order valence-corrected chi connectivity index (χ0v) is 27.5. The number of nitro benzene ring substituents is 2. The molecule has 248 valence electrons. The molecule has 0 spiro atoms. The van der Waals surface area contributed by atoms with Gasteiger partial charge in [0.15, 0.2) is 0 Å². The van der Waals surface area contributed by atoms with Gasteiger partial charge in [-0.25, -0.2) is 4.79 Å². The second-order valence-electron chi connectivity index (χ2n) is 12.8. The molecule has 0 atom stereocenters. The summed E-state index contributed by atoms with van der Waals surface area (Å²) < 4.78 is 5.17. The maximum absolute atomic E-state index is 11.9. The van der Waals surface area contributed by atoms with Crippen LogP contribution in [0.3, 0.4) is 0 Å². The molecule has 0 aromatic heterocycles. The van der Waals surface area contributed by atoms with E-state index >= 15 is 0 Å². The second kappa shape index (κ2) is 15.2. The van der Waals surface area contributed by atoms with Crippen LogP contribution in [0, 0.1) is 20.2 Å². The third kappa shape index (κ3) is 10.2. The molecule has 2 aromatic rings. The molecular weight excluding hydrogens is 580 g/mol. The van der Waals surface area contributed by atoms with Crippen molar-refractivity contribution in [1.82, 2.24) is 9.80 Å². The topological polar surface area (TPSA) is 164 Å². The summed E-state index contributed by atoms with van der Waals surface area (Å²) in [6.45, 7) is 21.1. The summed E-state index contributed by atoms with van der Waals surface area (Å²) in [6, 6.07) is 10.9. The van der Waals surface area contributed by atoms with Crippen LogP contribution in [-0.2, 0) is 4.74 Å². The highest BCUT2D eigenvalue weighted by molar-refractivity contribution is 5.89. The highest BCUT2D eigenvalue weighted by atomic mass is 16.6. The Labute approximate surface area is 265 Å². The summed E-state index contributed by atoms with van der Waals surface area (Å²) in [6.07, 6.45) is -0.709. The van der Waals surface area contributed by atoms with Crippen molar-refractivity contribution >= 4 is 40.2 Å². The SMILES string of the molecule is CC(C)N1CCN(c2ccc(N)c([N+](=O)[O-])c2)CC1.CC(C)N1CCN(c2ccc(NC(=O)OC(C)(C)C)c([N+](=O)[O-])c2)CC1. The number of nitrogen functional groups attached to an aromatic ring is 1. The molecule has 0 unspecified atom stereocenters. The van der Waals surface area contributed by atoms with E-state index < -0.39 is 21.5 Å². The molecule has 2 aliphatic rings. The van der Waals surface area contributed by atoms with E-state index in [0.717, 1.165) is 63.7 Å². The number of hydrogen-bond acceptors (Lipinski definition) is 11. The smallest absolute Gasteiger partial charge is 0.412 e. The maximum atomic E-state index is 11.9. The van der Waals surface area contributed by atoms with Crippen LogP contribution in [-0.4, -0.2) is 95.8 Å². The first-order chi connectivity index (χ1) is 21.1. The second-order valence-corrected chi connectivity index (χ2v) is 12.8. The number of nitrogens with two attached hydrogens (primary N) is 1. The molecule has 14 heteroatoms. The number of ether oxygens (including phenoxy) is 1. The summed E-state index contributed by atoms with van der Waals surface area (Å²) in [5, 5.41) is 24.8. The standard InChI is InChI=1S/C18H28N4O4.C13H20N4O2/c1-13(2)20-8-10-21(11-9-20)14-6-7-15(16(12-14)22(24)25)19-17(23)26-18(3,4)5;1-10(2)15-5-7-16(8-6-15)11-3-4-12(14)13(9-11)17(18)19/h6-7,12-13H,8-11H2,1-5H3,(H,19,23);3-4,9-10H,5-8,14H2,1-2H3. The first kappa shape index (κ1) is 35.3. The van der Waals surface area contributed by atoms with Crippen LogP contribution in [0.4, 0.5) is 38.9 Å². The normalized spacial score (nSPS) is 16.3. The molecule has 0 saturated carbocycles. The van der Waals surface area contributed by atoms with E-state index in [2.05, 4.69) is 52.6 Å². The predicted octanol–water partition coefficient (Wildman–Crippen LogP) is 5.18. The van der Waals surface area contributed by atoms with Crippen LogP contribution >= 0.6 is 0 Å². The average molecular weight is 629 g/mol. The Hall–Kier alpha value is -4.17. The average Bonchev–Trinajstić information content (AvgIpc) is 2.97. The van der Waals surface area contributed by atoms with Gasteiger partial charge in [-0.3, -0.25) is 35.3 Å². The van der Waals surface area contributed by atoms with Gasteiger partial charge in [0.2, 0.25) is 0 Å². The zero-order valence-electron chi connectivity index (χ0n) is 27.5. The van der Waals surface area contributed by atoms with E-state index in [9.17, 15) is 25.0 Å². The van der Waals surface area contributed by atoms with Gasteiger partial charge in [-0.15, -0.1) is 0 Å². The van der Waals surface area contributed by atoms with Crippen molar-refractivity contribution in [2.45, 2.75) is 66.2 Å². The first-order valence-corrected chi connectivity index (χ1v) is 15.4. The molecule has 1 amide bonds. The Balaban J connectivity index is 0.000000257. The Morgan fingerprint density at radius 1 is 0.778 bits per heavy atom. The predicted molar refractivity (Wildman–Crippen MR) is 178 cm³/mol. The number of hydrogen-bond donors (Lipinski definition) is 2. The lowest BCUT2D eigenvalue weighted by molar-refractivity contribution is -0.384. The van der Waals surface area contributed by atoms with Crippen molar-refractivity contribution in [1.29, 1.82) is 0 Å². The Kier molecular flexibility index (Phi) is 11.9. The van der Waals surface area contributed by atoms with Gasteiger partial charge in [0, 0.05) is 87.9 Å². The first-order valence-electron chi connectivity index (χ1n) is 15.4. The molecule has 45 heavy (non-hydrogen) atoms. The summed E-state index contributed by atoms with van der Waals surface area (Å²) in [4.78, 5) is 42.4. The van der Waals surface area contributed by atoms with Crippen molar-refractivity contribution in [3.63, 3.8) is 0 Å². The number of benzene rings is 2. The molecule has 2 aliphatic heterocycles. The van der Waals surface area contributed by atoms with E-state index in [0.29, 0.717) is 12.1 Å². The molecule has 0 bridgehead atoms. The molecule has 0 radical (unpaired) electrons. The lowest BCUT2D eigenvalue weighted by Crippen LogP contribution is -2.48. The van der Waals surface area contributed by atoms with Crippen LogP contribution < -0.4 is 20.9 Å². The minimum Gasteiger partial charge on any atom is -0.444 e. The largest absolute Gasteiger partial charge is 0.444 e. The van der Waals surface area contributed by atoms with Gasteiger partial charge in [-0.05, 0) is 72.7 Å². The Morgan fingerprint density at radius 2 is 1.20 bits per heavy atom. The van der Waals surface area contributed by atoms with E-state index in [1.54, 1.807) is 45.0 Å². The molecule has 2 fully saturated rings.